The maximum Gasteiger partial charge on any atom is 0.220 e. The summed E-state index contributed by atoms with van der Waals surface area (Å²) in [5.41, 5.74) is 3.17. The first-order chi connectivity index (χ1) is 16.0. The number of ether oxygens (including phenoxy) is 6. The second-order valence-corrected chi connectivity index (χ2v) is 11.1. The van der Waals surface area contributed by atoms with Gasteiger partial charge in [-0.05, 0) is 31.4 Å². The number of nitrogens with one attached hydrogen (secondary N) is 1. The van der Waals surface area contributed by atoms with Gasteiger partial charge in [0, 0.05) is 26.5 Å². The van der Waals surface area contributed by atoms with E-state index in [0.717, 1.165) is 11.8 Å². The molecule has 3 rings (SSSR count). The van der Waals surface area contributed by atoms with Crippen molar-refractivity contribution in [3.63, 3.8) is 0 Å². The Labute approximate surface area is 201 Å². The summed E-state index contributed by atoms with van der Waals surface area (Å²) >= 11 is 0. The molecule has 0 bridgehead atoms. The highest BCUT2D eigenvalue weighted by Gasteiger charge is 2.44. The summed E-state index contributed by atoms with van der Waals surface area (Å²) in [5.74, 6) is 0.766. The fourth-order valence-corrected chi connectivity index (χ4v) is 4.68. The maximum absolute atomic E-state index is 12.7. The molecule has 1 aromatic rings. The van der Waals surface area contributed by atoms with Gasteiger partial charge in [0.25, 0.3) is 0 Å². The lowest BCUT2D eigenvalue weighted by atomic mass is 9.97. The molecule has 2 heterocycles. The summed E-state index contributed by atoms with van der Waals surface area (Å²) in [4.78, 5) is 1.68. The van der Waals surface area contributed by atoms with Crippen LogP contribution in [0, 0.1) is 0 Å². The van der Waals surface area contributed by atoms with E-state index >= 15 is 0 Å². The number of benzene rings is 1. The number of hydrazone groups is 1. The van der Waals surface area contributed by atoms with E-state index in [9.17, 15) is 8.42 Å². The summed E-state index contributed by atoms with van der Waals surface area (Å²) in [6.07, 6.45) is 1.16. The predicted octanol–water partition coefficient (Wildman–Crippen LogP) is 1.82. The fraction of sp³-hybridized carbons (Fsp3) is 0.682. The van der Waals surface area contributed by atoms with Crippen LogP contribution < -0.4 is 14.9 Å². The Morgan fingerprint density at radius 3 is 2.24 bits per heavy atom. The standard InChI is InChI=1S/C22H35N3O8S/c1-14(2)16-8-17(19(31-13-29-6)9-18(16)30-12-28-5)20-23-24-21(34(7,26)27)25(20)15-10-32-22(3,4)33-11-15/h8-9,14-15,21,24H,10-13H2,1-7H3. The van der Waals surface area contributed by atoms with Crippen LogP contribution in [0.4, 0.5) is 0 Å². The summed E-state index contributed by atoms with van der Waals surface area (Å²) < 4.78 is 58.8. The molecular formula is C22H35N3O8S. The van der Waals surface area contributed by atoms with Crippen molar-refractivity contribution in [3.05, 3.63) is 23.3 Å². The van der Waals surface area contributed by atoms with Gasteiger partial charge in [0.05, 0.1) is 24.8 Å². The summed E-state index contributed by atoms with van der Waals surface area (Å²) in [6, 6.07) is 3.24. The minimum Gasteiger partial charge on any atom is -0.467 e. The second kappa shape index (κ2) is 10.6. The molecule has 0 amide bonds. The van der Waals surface area contributed by atoms with Gasteiger partial charge in [0.1, 0.15) is 11.5 Å². The van der Waals surface area contributed by atoms with Gasteiger partial charge < -0.3 is 33.3 Å². The highest BCUT2D eigenvalue weighted by atomic mass is 32.2. The van der Waals surface area contributed by atoms with Crippen molar-refractivity contribution in [2.24, 2.45) is 5.10 Å². The number of amidine groups is 1. The van der Waals surface area contributed by atoms with Crippen molar-refractivity contribution in [2.45, 2.75) is 50.9 Å². The van der Waals surface area contributed by atoms with E-state index in [1.165, 1.54) is 7.11 Å². The Morgan fingerprint density at radius 1 is 1.12 bits per heavy atom. The molecule has 0 saturated carbocycles. The molecule has 0 aromatic heterocycles. The lowest BCUT2D eigenvalue weighted by molar-refractivity contribution is -0.260. The molecule has 1 saturated heterocycles. The van der Waals surface area contributed by atoms with Crippen LogP contribution in [0.2, 0.25) is 0 Å². The molecule has 1 unspecified atom stereocenters. The third-order valence-corrected chi connectivity index (χ3v) is 6.61. The second-order valence-electron chi connectivity index (χ2n) is 8.97. The number of nitrogens with zero attached hydrogens (tertiary/aromatic N) is 2. The molecule has 1 aromatic carbocycles. The number of hydrogen-bond donors (Lipinski definition) is 1. The van der Waals surface area contributed by atoms with E-state index in [0.29, 0.717) is 22.9 Å². The van der Waals surface area contributed by atoms with E-state index < -0.39 is 27.2 Å². The number of methoxy groups -OCH3 is 2. The van der Waals surface area contributed by atoms with E-state index in [4.69, 9.17) is 28.4 Å². The average Bonchev–Trinajstić information content (AvgIpc) is 3.21. The van der Waals surface area contributed by atoms with E-state index in [1.54, 1.807) is 18.1 Å². The molecular weight excluding hydrogens is 466 g/mol. The lowest BCUT2D eigenvalue weighted by Gasteiger charge is -2.41. The van der Waals surface area contributed by atoms with Crippen molar-refractivity contribution in [3.8, 4) is 11.5 Å². The Hall–Kier alpha value is -2.12. The molecule has 1 atom stereocenters. The zero-order chi connectivity index (χ0) is 25.1. The minimum absolute atomic E-state index is 0.0161. The number of rotatable bonds is 10. The topological polar surface area (TPSA) is 117 Å². The van der Waals surface area contributed by atoms with Crippen molar-refractivity contribution in [1.82, 2.24) is 10.3 Å². The fourth-order valence-electron chi connectivity index (χ4n) is 3.75. The van der Waals surface area contributed by atoms with Gasteiger partial charge in [-0.25, -0.2) is 8.42 Å². The van der Waals surface area contributed by atoms with Gasteiger partial charge in [0.2, 0.25) is 5.50 Å². The van der Waals surface area contributed by atoms with Crippen molar-refractivity contribution in [1.29, 1.82) is 0 Å². The third kappa shape index (κ3) is 5.92. The predicted molar refractivity (Wildman–Crippen MR) is 125 cm³/mol. The molecule has 1 fully saturated rings. The van der Waals surface area contributed by atoms with E-state index in [1.807, 2.05) is 33.8 Å². The van der Waals surface area contributed by atoms with Gasteiger partial charge in [0.15, 0.2) is 35.0 Å². The Kier molecular flexibility index (Phi) is 8.30. The van der Waals surface area contributed by atoms with Crippen LogP contribution in [0.5, 0.6) is 11.5 Å². The highest BCUT2D eigenvalue weighted by Crippen LogP contribution is 2.37. The molecule has 0 spiro atoms. The van der Waals surface area contributed by atoms with Crippen molar-refractivity contribution < 1.29 is 36.8 Å². The Morgan fingerprint density at radius 2 is 1.71 bits per heavy atom. The normalized spacial score (nSPS) is 20.9. The first kappa shape index (κ1) is 26.5. The van der Waals surface area contributed by atoms with Crippen LogP contribution in [0.3, 0.4) is 0 Å². The quantitative estimate of drug-likeness (QED) is 0.476. The van der Waals surface area contributed by atoms with Crippen LogP contribution >= 0.6 is 0 Å². The maximum atomic E-state index is 12.7. The molecule has 192 valence electrons. The van der Waals surface area contributed by atoms with E-state index in [-0.39, 0.29) is 32.7 Å². The Balaban J connectivity index is 2.09. The van der Waals surface area contributed by atoms with Gasteiger partial charge in [-0.3, -0.25) is 5.43 Å². The smallest absolute Gasteiger partial charge is 0.220 e. The highest BCUT2D eigenvalue weighted by molar-refractivity contribution is 7.91. The third-order valence-electron chi connectivity index (χ3n) is 5.46. The van der Waals surface area contributed by atoms with Gasteiger partial charge in [-0.2, -0.15) is 5.10 Å². The van der Waals surface area contributed by atoms with Gasteiger partial charge in [-0.15, -0.1) is 0 Å². The molecule has 2 aliphatic rings. The van der Waals surface area contributed by atoms with Crippen LogP contribution in [-0.2, 0) is 28.8 Å². The zero-order valence-corrected chi connectivity index (χ0v) is 21.6. The van der Waals surface area contributed by atoms with Gasteiger partial charge >= 0.3 is 0 Å². The minimum atomic E-state index is -3.56. The summed E-state index contributed by atoms with van der Waals surface area (Å²) in [7, 11) is -0.502. The number of sulfone groups is 1. The molecule has 11 nitrogen and oxygen atoms in total. The largest absolute Gasteiger partial charge is 0.467 e. The summed E-state index contributed by atoms with van der Waals surface area (Å²) in [6.45, 7) is 8.28. The molecule has 12 heteroatoms. The van der Waals surface area contributed by atoms with Crippen LogP contribution in [-0.4, -0.2) is 83.8 Å². The van der Waals surface area contributed by atoms with Gasteiger partial charge in [-0.1, -0.05) is 13.8 Å². The van der Waals surface area contributed by atoms with E-state index in [2.05, 4.69) is 10.5 Å². The first-order valence-electron chi connectivity index (χ1n) is 11.0. The molecule has 0 aliphatic carbocycles. The van der Waals surface area contributed by atoms with Crippen LogP contribution in [0.1, 0.15) is 44.7 Å². The molecule has 0 radical (unpaired) electrons. The van der Waals surface area contributed by atoms with Crippen molar-refractivity contribution in [2.75, 3.05) is 47.3 Å². The average molecular weight is 502 g/mol. The monoisotopic (exact) mass is 501 g/mol. The Bertz CT molecular complexity index is 986. The van der Waals surface area contributed by atoms with Crippen LogP contribution in [0.15, 0.2) is 17.2 Å². The lowest BCUT2D eigenvalue weighted by Crippen LogP contribution is -2.57. The molecule has 1 N–H and O–H groups in total. The van der Waals surface area contributed by atoms with Crippen molar-refractivity contribution >= 4 is 15.7 Å². The zero-order valence-electron chi connectivity index (χ0n) is 20.8. The number of hydrogen-bond acceptors (Lipinski definition) is 11. The first-order valence-corrected chi connectivity index (χ1v) is 12.9. The SMILES string of the molecule is COCOc1cc(OCOC)c(C(C)C)cc1C1=NNC(S(C)(=O)=O)N1C1COC(C)(C)OC1. The summed E-state index contributed by atoms with van der Waals surface area (Å²) in [5, 5.41) is 4.42. The van der Waals surface area contributed by atoms with Crippen LogP contribution in [0.25, 0.3) is 0 Å². The molecule has 2 aliphatic heterocycles. The molecule has 34 heavy (non-hydrogen) atoms.